The molecule has 0 aliphatic carbocycles. The van der Waals surface area contributed by atoms with Gasteiger partial charge in [-0.1, -0.05) is 5.16 Å². The summed E-state index contributed by atoms with van der Waals surface area (Å²) in [6.07, 6.45) is 3.06. The first-order chi connectivity index (χ1) is 11.8. The number of carbonyl (C=O) groups excluding carboxylic acids is 1. The van der Waals surface area contributed by atoms with Crippen molar-refractivity contribution >= 4 is 11.9 Å². The molecule has 0 radical (unpaired) electrons. The zero-order valence-electron chi connectivity index (χ0n) is 13.6. The summed E-state index contributed by atoms with van der Waals surface area (Å²) >= 11 is 0. The van der Waals surface area contributed by atoms with Gasteiger partial charge in [-0.2, -0.15) is 0 Å². The fourth-order valence-corrected chi connectivity index (χ4v) is 2.58. The van der Waals surface area contributed by atoms with Gasteiger partial charge in [-0.05, 0) is 19.1 Å². The third-order valence-corrected chi connectivity index (χ3v) is 3.82. The molecule has 0 bridgehead atoms. The zero-order valence-corrected chi connectivity index (χ0v) is 13.6. The quantitative estimate of drug-likeness (QED) is 0.669. The van der Waals surface area contributed by atoms with E-state index in [0.29, 0.717) is 25.4 Å². The van der Waals surface area contributed by atoms with Crippen molar-refractivity contribution in [2.24, 2.45) is 4.99 Å². The van der Waals surface area contributed by atoms with Crippen LogP contribution in [0.1, 0.15) is 23.2 Å². The summed E-state index contributed by atoms with van der Waals surface area (Å²) in [6.45, 7) is 5.98. The predicted molar refractivity (Wildman–Crippen MR) is 87.5 cm³/mol. The second kappa shape index (κ2) is 7.67. The lowest BCUT2D eigenvalue weighted by Gasteiger charge is -2.36. The lowest BCUT2D eigenvalue weighted by molar-refractivity contribution is 0.0657. The van der Waals surface area contributed by atoms with Crippen molar-refractivity contribution in [3.8, 4) is 0 Å². The first kappa shape index (κ1) is 16.1. The number of carbonyl (C=O) groups is 1. The minimum absolute atomic E-state index is 0.0656. The number of guanidine groups is 1. The molecule has 1 saturated heterocycles. The maximum Gasteiger partial charge on any atom is 0.289 e. The Balaban J connectivity index is 1.58. The number of piperazine rings is 1. The molecule has 0 atom stereocenters. The summed E-state index contributed by atoms with van der Waals surface area (Å²) in [5.74, 6) is 1.14. The number of aromatic nitrogens is 1. The van der Waals surface area contributed by atoms with Gasteiger partial charge in [0.1, 0.15) is 12.0 Å². The number of amides is 1. The van der Waals surface area contributed by atoms with Crippen LogP contribution in [0.2, 0.25) is 0 Å². The van der Waals surface area contributed by atoms with Gasteiger partial charge in [0.05, 0.1) is 12.8 Å². The Bertz CT molecular complexity index is 658. The van der Waals surface area contributed by atoms with E-state index in [9.17, 15) is 4.79 Å². The van der Waals surface area contributed by atoms with Crippen molar-refractivity contribution in [1.82, 2.24) is 20.3 Å². The smallest absolute Gasteiger partial charge is 0.289 e. The largest absolute Gasteiger partial charge is 0.459 e. The second-order valence-corrected chi connectivity index (χ2v) is 5.42. The third-order valence-electron chi connectivity index (χ3n) is 3.82. The van der Waals surface area contributed by atoms with Gasteiger partial charge >= 0.3 is 0 Å². The molecule has 128 valence electrons. The topological polar surface area (TPSA) is 87.1 Å². The van der Waals surface area contributed by atoms with Crippen LogP contribution in [-0.4, -0.2) is 59.5 Å². The Morgan fingerprint density at radius 3 is 2.67 bits per heavy atom. The van der Waals surface area contributed by atoms with Gasteiger partial charge in [-0.25, -0.2) is 4.99 Å². The van der Waals surface area contributed by atoms with Crippen LogP contribution in [0, 0.1) is 0 Å². The summed E-state index contributed by atoms with van der Waals surface area (Å²) in [6, 6.07) is 5.22. The minimum Gasteiger partial charge on any atom is -0.459 e. The molecule has 0 saturated carbocycles. The minimum atomic E-state index is -0.0656. The molecule has 0 unspecified atom stereocenters. The van der Waals surface area contributed by atoms with Gasteiger partial charge in [0.15, 0.2) is 11.7 Å². The van der Waals surface area contributed by atoms with Crippen molar-refractivity contribution in [2.75, 3.05) is 32.7 Å². The second-order valence-electron chi connectivity index (χ2n) is 5.42. The average molecular weight is 331 g/mol. The highest BCUT2D eigenvalue weighted by Gasteiger charge is 2.25. The molecule has 0 spiro atoms. The van der Waals surface area contributed by atoms with E-state index in [1.165, 1.54) is 12.5 Å². The van der Waals surface area contributed by atoms with Crippen LogP contribution in [-0.2, 0) is 6.54 Å². The van der Waals surface area contributed by atoms with Crippen LogP contribution in [0.3, 0.4) is 0 Å². The Morgan fingerprint density at radius 2 is 2.04 bits per heavy atom. The number of rotatable bonds is 4. The molecular weight excluding hydrogens is 310 g/mol. The summed E-state index contributed by atoms with van der Waals surface area (Å²) < 4.78 is 10.0. The van der Waals surface area contributed by atoms with Gasteiger partial charge in [0.25, 0.3) is 5.91 Å². The van der Waals surface area contributed by atoms with Crippen molar-refractivity contribution < 1.29 is 13.7 Å². The standard InChI is InChI=1S/C16H21N5O3/c1-2-17-16(18-12-13-5-11-24-19-13)21-8-6-20(7-9-21)15(22)14-4-3-10-23-14/h3-5,10-11H,2,6-9,12H2,1H3,(H,17,18). The van der Waals surface area contributed by atoms with Crippen molar-refractivity contribution in [3.05, 3.63) is 42.2 Å². The Hall–Kier alpha value is -2.77. The van der Waals surface area contributed by atoms with E-state index < -0.39 is 0 Å². The van der Waals surface area contributed by atoms with Crippen LogP contribution < -0.4 is 5.32 Å². The molecule has 1 fully saturated rings. The molecule has 2 aromatic heterocycles. The molecule has 1 aliphatic rings. The van der Waals surface area contributed by atoms with E-state index in [1.807, 2.05) is 6.92 Å². The van der Waals surface area contributed by atoms with Gasteiger partial charge in [-0.15, -0.1) is 0 Å². The van der Waals surface area contributed by atoms with Gasteiger partial charge in [-0.3, -0.25) is 4.79 Å². The summed E-state index contributed by atoms with van der Waals surface area (Å²) in [4.78, 5) is 20.8. The number of nitrogens with zero attached hydrogens (tertiary/aromatic N) is 4. The Kier molecular flexibility index (Phi) is 5.15. The van der Waals surface area contributed by atoms with E-state index in [1.54, 1.807) is 23.1 Å². The van der Waals surface area contributed by atoms with E-state index in [4.69, 9.17) is 8.94 Å². The van der Waals surface area contributed by atoms with Crippen molar-refractivity contribution in [2.45, 2.75) is 13.5 Å². The molecule has 3 rings (SSSR count). The number of nitrogens with one attached hydrogen (secondary N) is 1. The molecule has 8 heteroatoms. The van der Waals surface area contributed by atoms with Crippen LogP contribution in [0.15, 0.2) is 44.7 Å². The highest BCUT2D eigenvalue weighted by molar-refractivity contribution is 5.91. The highest BCUT2D eigenvalue weighted by Crippen LogP contribution is 2.10. The molecule has 1 N–H and O–H groups in total. The molecular formula is C16H21N5O3. The molecule has 8 nitrogen and oxygen atoms in total. The Morgan fingerprint density at radius 1 is 1.25 bits per heavy atom. The third kappa shape index (κ3) is 3.76. The molecule has 0 aromatic carbocycles. The first-order valence-electron chi connectivity index (χ1n) is 8.03. The molecule has 1 aliphatic heterocycles. The van der Waals surface area contributed by atoms with Crippen LogP contribution in [0.25, 0.3) is 0 Å². The lowest BCUT2D eigenvalue weighted by Crippen LogP contribution is -2.53. The van der Waals surface area contributed by atoms with Crippen molar-refractivity contribution in [3.63, 3.8) is 0 Å². The van der Waals surface area contributed by atoms with E-state index >= 15 is 0 Å². The first-order valence-corrected chi connectivity index (χ1v) is 8.03. The molecule has 3 heterocycles. The van der Waals surface area contributed by atoms with Crippen molar-refractivity contribution in [1.29, 1.82) is 0 Å². The Labute approximate surface area is 140 Å². The predicted octanol–water partition coefficient (Wildman–Crippen LogP) is 1.19. The number of hydrogen-bond donors (Lipinski definition) is 1. The number of hydrogen-bond acceptors (Lipinski definition) is 5. The normalized spacial score (nSPS) is 15.6. The van der Waals surface area contributed by atoms with Gasteiger partial charge in [0, 0.05) is 38.8 Å². The summed E-state index contributed by atoms with van der Waals surface area (Å²) in [7, 11) is 0. The lowest BCUT2D eigenvalue weighted by atomic mass is 10.3. The van der Waals surface area contributed by atoms with E-state index in [0.717, 1.165) is 31.3 Å². The zero-order chi connectivity index (χ0) is 16.8. The molecule has 24 heavy (non-hydrogen) atoms. The number of aliphatic imine (C=N–C) groups is 1. The van der Waals surface area contributed by atoms with Crippen LogP contribution in [0.4, 0.5) is 0 Å². The van der Waals surface area contributed by atoms with E-state index in [-0.39, 0.29) is 5.91 Å². The molecule has 1 amide bonds. The maximum absolute atomic E-state index is 12.3. The van der Waals surface area contributed by atoms with E-state index in [2.05, 4.69) is 20.4 Å². The molecule has 2 aromatic rings. The number of furan rings is 1. The van der Waals surface area contributed by atoms with Crippen LogP contribution >= 0.6 is 0 Å². The summed E-state index contributed by atoms with van der Waals surface area (Å²) in [5.41, 5.74) is 0.789. The summed E-state index contributed by atoms with van der Waals surface area (Å²) in [5, 5.41) is 7.15. The SMILES string of the molecule is CCNC(=NCc1ccon1)N1CCN(C(=O)c2ccco2)CC1. The highest BCUT2D eigenvalue weighted by atomic mass is 16.5. The fourth-order valence-electron chi connectivity index (χ4n) is 2.58. The van der Waals surface area contributed by atoms with Crippen LogP contribution in [0.5, 0.6) is 0 Å². The van der Waals surface area contributed by atoms with Gasteiger partial charge < -0.3 is 24.1 Å². The monoisotopic (exact) mass is 331 g/mol. The fraction of sp³-hybridized carbons (Fsp3) is 0.438. The maximum atomic E-state index is 12.3. The average Bonchev–Trinajstić information content (AvgIpc) is 3.31. The van der Waals surface area contributed by atoms with Gasteiger partial charge in [0.2, 0.25) is 0 Å².